The lowest BCUT2D eigenvalue weighted by Gasteiger charge is -2.11. The van der Waals surface area contributed by atoms with Crippen molar-refractivity contribution in [1.29, 1.82) is 0 Å². The summed E-state index contributed by atoms with van der Waals surface area (Å²) in [6.07, 6.45) is 1.56. The Balaban J connectivity index is 2.38. The highest BCUT2D eigenvalue weighted by atomic mass is 35.5. The van der Waals surface area contributed by atoms with E-state index in [0.29, 0.717) is 11.4 Å². The number of benzene rings is 1. The minimum Gasteiger partial charge on any atom is -0.383 e. The predicted molar refractivity (Wildman–Crippen MR) is 65.0 cm³/mol. The van der Waals surface area contributed by atoms with E-state index in [2.05, 4.69) is 9.97 Å². The number of rotatable bonds is 2. The minimum absolute atomic E-state index is 0.151. The van der Waals surface area contributed by atoms with Crippen molar-refractivity contribution < 1.29 is 0 Å². The van der Waals surface area contributed by atoms with Crippen LogP contribution in [0.25, 0.3) is 0 Å². The third kappa shape index (κ3) is 2.06. The molecule has 0 amide bonds. The quantitative estimate of drug-likeness (QED) is 0.779. The minimum atomic E-state index is -0.359. The van der Waals surface area contributed by atoms with E-state index < -0.39 is 0 Å². The summed E-state index contributed by atoms with van der Waals surface area (Å²) in [5.41, 5.74) is 12.8. The Morgan fingerprint density at radius 3 is 2.44 bits per heavy atom. The lowest BCUT2D eigenvalue weighted by atomic mass is 10.1. The second kappa shape index (κ2) is 4.37. The molecular weight excluding hydrogens is 224 g/mol. The molecule has 1 aromatic carbocycles. The van der Waals surface area contributed by atoms with Gasteiger partial charge in [-0.1, -0.05) is 30.3 Å². The van der Waals surface area contributed by atoms with E-state index in [1.165, 1.54) is 0 Å². The van der Waals surface area contributed by atoms with Crippen molar-refractivity contribution in [1.82, 2.24) is 9.97 Å². The third-order valence-electron chi connectivity index (χ3n) is 2.23. The fourth-order valence-corrected chi connectivity index (χ4v) is 1.73. The van der Waals surface area contributed by atoms with Crippen LogP contribution in [0.5, 0.6) is 0 Å². The number of aromatic nitrogens is 2. The molecule has 1 heterocycles. The molecule has 2 rings (SSSR count). The Hall–Kier alpha value is -1.81. The number of nitrogens with two attached hydrogens (primary N) is 2. The van der Waals surface area contributed by atoms with Gasteiger partial charge >= 0.3 is 0 Å². The van der Waals surface area contributed by atoms with Gasteiger partial charge < -0.3 is 11.5 Å². The van der Waals surface area contributed by atoms with Gasteiger partial charge in [0, 0.05) is 11.8 Å². The summed E-state index contributed by atoms with van der Waals surface area (Å²) in [5.74, 6) is 0.467. The maximum absolute atomic E-state index is 6.29. The molecule has 0 radical (unpaired) electrons. The largest absolute Gasteiger partial charge is 0.383 e. The molecule has 0 fully saturated rings. The summed E-state index contributed by atoms with van der Waals surface area (Å²) >= 11 is 6.29. The number of nitrogen functional groups attached to an aromatic ring is 2. The van der Waals surface area contributed by atoms with Crippen molar-refractivity contribution in [2.45, 2.75) is 5.38 Å². The van der Waals surface area contributed by atoms with E-state index in [1.807, 2.05) is 30.3 Å². The van der Waals surface area contributed by atoms with Gasteiger partial charge in [-0.3, -0.25) is 0 Å². The highest BCUT2D eigenvalue weighted by Gasteiger charge is 2.14. The van der Waals surface area contributed by atoms with Gasteiger partial charge in [-0.2, -0.15) is 4.98 Å². The molecule has 16 heavy (non-hydrogen) atoms. The average molecular weight is 235 g/mol. The van der Waals surface area contributed by atoms with E-state index in [4.69, 9.17) is 23.1 Å². The van der Waals surface area contributed by atoms with Gasteiger partial charge in [0.25, 0.3) is 0 Å². The summed E-state index contributed by atoms with van der Waals surface area (Å²) in [7, 11) is 0. The Morgan fingerprint density at radius 1 is 1.12 bits per heavy atom. The van der Waals surface area contributed by atoms with E-state index in [9.17, 15) is 0 Å². The second-order valence-electron chi connectivity index (χ2n) is 3.34. The van der Waals surface area contributed by atoms with Crippen molar-refractivity contribution in [3.8, 4) is 0 Å². The van der Waals surface area contributed by atoms with Crippen LogP contribution in [0.1, 0.15) is 16.5 Å². The number of halogens is 1. The molecule has 5 heteroatoms. The fourth-order valence-electron chi connectivity index (χ4n) is 1.42. The van der Waals surface area contributed by atoms with E-state index in [0.717, 1.165) is 5.56 Å². The first-order valence-corrected chi connectivity index (χ1v) is 5.19. The van der Waals surface area contributed by atoms with Gasteiger partial charge in [0.15, 0.2) is 0 Å². The van der Waals surface area contributed by atoms with Gasteiger partial charge in [-0.25, -0.2) is 4.98 Å². The van der Waals surface area contributed by atoms with Crippen molar-refractivity contribution in [2.24, 2.45) is 0 Å². The standard InChI is InChI=1S/C11H11ClN4/c12-9(7-4-2-1-3-5-7)8-6-15-11(14)16-10(8)13/h1-6,9H,(H4,13,14,15,16). The van der Waals surface area contributed by atoms with Crippen molar-refractivity contribution >= 4 is 23.4 Å². The zero-order chi connectivity index (χ0) is 11.5. The zero-order valence-electron chi connectivity index (χ0n) is 8.47. The predicted octanol–water partition coefficient (Wildman–Crippen LogP) is 1.97. The molecule has 0 saturated carbocycles. The molecule has 0 bridgehead atoms. The molecule has 2 aromatic rings. The third-order valence-corrected chi connectivity index (χ3v) is 2.72. The van der Waals surface area contributed by atoms with Gasteiger partial charge in [0.05, 0.1) is 5.38 Å². The molecule has 0 aliphatic rings. The molecule has 1 unspecified atom stereocenters. The molecule has 0 saturated heterocycles. The maximum Gasteiger partial charge on any atom is 0.221 e. The summed E-state index contributed by atoms with van der Waals surface area (Å²) < 4.78 is 0. The van der Waals surface area contributed by atoms with E-state index >= 15 is 0 Å². The van der Waals surface area contributed by atoms with Gasteiger partial charge in [0.1, 0.15) is 5.82 Å². The van der Waals surface area contributed by atoms with Crippen molar-refractivity contribution in [3.63, 3.8) is 0 Å². The first kappa shape index (κ1) is 10.7. The summed E-state index contributed by atoms with van der Waals surface area (Å²) in [6.45, 7) is 0. The zero-order valence-corrected chi connectivity index (χ0v) is 9.22. The molecule has 4 N–H and O–H groups in total. The van der Waals surface area contributed by atoms with Crippen LogP contribution in [0.3, 0.4) is 0 Å². The molecule has 0 aliphatic carbocycles. The van der Waals surface area contributed by atoms with Crippen molar-refractivity contribution in [3.05, 3.63) is 47.7 Å². The van der Waals surface area contributed by atoms with Crippen LogP contribution in [0.4, 0.5) is 11.8 Å². The van der Waals surface area contributed by atoms with Crippen LogP contribution in [0.15, 0.2) is 36.5 Å². The summed E-state index contributed by atoms with van der Waals surface area (Å²) in [4.78, 5) is 7.77. The van der Waals surface area contributed by atoms with Crippen LogP contribution in [0, 0.1) is 0 Å². The first-order valence-electron chi connectivity index (χ1n) is 4.75. The van der Waals surface area contributed by atoms with E-state index in [-0.39, 0.29) is 11.3 Å². The first-order chi connectivity index (χ1) is 7.68. The number of hydrogen-bond acceptors (Lipinski definition) is 4. The molecular formula is C11H11ClN4. The van der Waals surface area contributed by atoms with Gasteiger partial charge in [0.2, 0.25) is 5.95 Å². The monoisotopic (exact) mass is 234 g/mol. The maximum atomic E-state index is 6.29. The molecule has 4 nitrogen and oxygen atoms in total. The van der Waals surface area contributed by atoms with Crippen LogP contribution in [-0.2, 0) is 0 Å². The smallest absolute Gasteiger partial charge is 0.221 e. The molecule has 1 aromatic heterocycles. The lowest BCUT2D eigenvalue weighted by Crippen LogP contribution is -2.05. The number of alkyl halides is 1. The van der Waals surface area contributed by atoms with Crippen LogP contribution >= 0.6 is 11.6 Å². The molecule has 82 valence electrons. The van der Waals surface area contributed by atoms with Crippen LogP contribution < -0.4 is 11.5 Å². The van der Waals surface area contributed by atoms with Gasteiger partial charge in [-0.15, -0.1) is 11.6 Å². The molecule has 1 atom stereocenters. The number of hydrogen-bond donors (Lipinski definition) is 2. The highest BCUT2D eigenvalue weighted by molar-refractivity contribution is 6.22. The van der Waals surface area contributed by atoms with Crippen molar-refractivity contribution in [2.75, 3.05) is 11.5 Å². The Kier molecular flexibility index (Phi) is 2.92. The highest BCUT2D eigenvalue weighted by Crippen LogP contribution is 2.30. The summed E-state index contributed by atoms with van der Waals surface area (Å²) in [5, 5.41) is -0.359. The average Bonchev–Trinajstić information content (AvgIpc) is 2.29. The second-order valence-corrected chi connectivity index (χ2v) is 3.78. The Morgan fingerprint density at radius 2 is 1.81 bits per heavy atom. The molecule has 0 aliphatic heterocycles. The van der Waals surface area contributed by atoms with Gasteiger partial charge in [-0.05, 0) is 5.56 Å². The Bertz CT molecular complexity index is 487. The fraction of sp³-hybridized carbons (Fsp3) is 0.0909. The van der Waals surface area contributed by atoms with E-state index in [1.54, 1.807) is 6.20 Å². The van der Waals surface area contributed by atoms with Crippen LogP contribution in [-0.4, -0.2) is 9.97 Å². The lowest BCUT2D eigenvalue weighted by molar-refractivity contribution is 1.07. The SMILES string of the molecule is Nc1ncc(C(Cl)c2ccccc2)c(N)n1. The number of nitrogens with zero attached hydrogens (tertiary/aromatic N) is 2. The molecule has 0 spiro atoms. The van der Waals surface area contributed by atoms with Crippen LogP contribution in [0.2, 0.25) is 0 Å². The Labute approximate surface area is 98.3 Å². The topological polar surface area (TPSA) is 77.8 Å². The number of anilines is 2. The summed E-state index contributed by atoms with van der Waals surface area (Å²) in [6, 6.07) is 9.61. The normalized spacial score (nSPS) is 12.3.